The molecule has 0 aliphatic carbocycles. The van der Waals surface area contributed by atoms with E-state index in [1.54, 1.807) is 11.8 Å². The molecule has 0 bridgehead atoms. The van der Waals surface area contributed by atoms with Crippen LogP contribution in [-0.4, -0.2) is 33.9 Å². The maximum Gasteiger partial charge on any atom is 0.242 e. The van der Waals surface area contributed by atoms with Crippen LogP contribution in [0.5, 0.6) is 0 Å². The Kier molecular flexibility index (Phi) is 6.39. The van der Waals surface area contributed by atoms with Gasteiger partial charge in [-0.25, -0.2) is 9.97 Å². The molecule has 1 atom stereocenters. The fourth-order valence-electron chi connectivity index (χ4n) is 1.02. The highest BCUT2D eigenvalue weighted by molar-refractivity contribution is 9.11. The highest BCUT2D eigenvalue weighted by atomic mass is 79.9. The predicted molar refractivity (Wildman–Crippen MR) is 77.0 cm³/mol. The molecule has 5 nitrogen and oxygen atoms in total. The van der Waals surface area contributed by atoms with Crippen LogP contribution in [0.1, 0.15) is 6.42 Å². The van der Waals surface area contributed by atoms with Gasteiger partial charge in [0.25, 0.3) is 0 Å². The molecule has 17 heavy (non-hydrogen) atoms. The van der Waals surface area contributed by atoms with Gasteiger partial charge in [-0.05, 0) is 50.3 Å². The van der Waals surface area contributed by atoms with Crippen LogP contribution in [-0.2, 0) is 4.79 Å². The molecule has 0 spiro atoms. The van der Waals surface area contributed by atoms with Crippen LogP contribution in [0.15, 0.2) is 15.4 Å². The summed E-state index contributed by atoms with van der Waals surface area (Å²) >= 11 is 8.05. The first-order valence-corrected chi connectivity index (χ1v) is 7.76. The molecule has 1 rings (SSSR count). The summed E-state index contributed by atoms with van der Waals surface area (Å²) in [5.74, 6) is 0.969. The highest BCUT2D eigenvalue weighted by Crippen LogP contribution is 2.19. The lowest BCUT2D eigenvalue weighted by atomic mass is 10.2. The quantitative estimate of drug-likeness (QED) is 0.812. The number of nitrogens with zero attached hydrogens (tertiary/aromatic N) is 2. The Morgan fingerprint density at radius 2 is 2.35 bits per heavy atom. The van der Waals surface area contributed by atoms with Gasteiger partial charge in [0, 0.05) is 0 Å². The van der Waals surface area contributed by atoms with E-state index >= 15 is 0 Å². The van der Waals surface area contributed by atoms with Crippen molar-refractivity contribution < 1.29 is 4.79 Å². The normalized spacial score (nSPS) is 12.2. The highest BCUT2D eigenvalue weighted by Gasteiger charge is 2.15. The van der Waals surface area contributed by atoms with Crippen molar-refractivity contribution in [1.82, 2.24) is 9.97 Å². The zero-order chi connectivity index (χ0) is 12.8. The number of hydrogen-bond acceptors (Lipinski definition) is 5. The topological polar surface area (TPSA) is 80.9 Å². The summed E-state index contributed by atoms with van der Waals surface area (Å²) in [5.41, 5.74) is 5.73. The second-order valence-corrected chi connectivity index (χ2v) is 5.76. The summed E-state index contributed by atoms with van der Waals surface area (Å²) in [6.07, 6.45) is 4.11. The summed E-state index contributed by atoms with van der Waals surface area (Å²) in [5, 5.41) is 2.63. The second kappa shape index (κ2) is 7.30. The van der Waals surface area contributed by atoms with Gasteiger partial charge < -0.3 is 11.1 Å². The number of thioether (sulfide) groups is 1. The molecule has 1 heterocycles. The smallest absolute Gasteiger partial charge is 0.242 e. The lowest BCUT2D eigenvalue weighted by molar-refractivity contribution is -0.117. The van der Waals surface area contributed by atoms with Crippen LogP contribution < -0.4 is 11.1 Å². The van der Waals surface area contributed by atoms with Crippen molar-refractivity contribution in [3.05, 3.63) is 15.4 Å². The molecule has 94 valence electrons. The van der Waals surface area contributed by atoms with E-state index < -0.39 is 6.04 Å². The fourth-order valence-corrected chi connectivity index (χ4v) is 2.42. The van der Waals surface area contributed by atoms with Crippen LogP contribution in [0.4, 0.5) is 5.82 Å². The van der Waals surface area contributed by atoms with E-state index in [9.17, 15) is 4.79 Å². The van der Waals surface area contributed by atoms with Gasteiger partial charge >= 0.3 is 0 Å². The van der Waals surface area contributed by atoms with Crippen LogP contribution >= 0.6 is 43.6 Å². The third-order valence-corrected chi connectivity index (χ3v) is 3.49. The van der Waals surface area contributed by atoms with Gasteiger partial charge in [0.1, 0.15) is 9.21 Å². The van der Waals surface area contributed by atoms with Gasteiger partial charge in [-0.15, -0.1) is 0 Å². The summed E-state index contributed by atoms with van der Waals surface area (Å²) in [7, 11) is 0. The van der Waals surface area contributed by atoms with Crippen molar-refractivity contribution >= 4 is 55.3 Å². The molecule has 0 aliphatic rings. The van der Waals surface area contributed by atoms with Crippen LogP contribution in [0.3, 0.4) is 0 Å². The van der Waals surface area contributed by atoms with E-state index in [-0.39, 0.29) is 5.91 Å². The molecule has 0 aliphatic heterocycles. The lowest BCUT2D eigenvalue weighted by Crippen LogP contribution is -2.36. The molecule has 0 saturated heterocycles. The van der Waals surface area contributed by atoms with Crippen molar-refractivity contribution in [3.8, 4) is 0 Å². The Labute approximate surface area is 121 Å². The number of halogens is 2. The molecule has 8 heteroatoms. The van der Waals surface area contributed by atoms with Crippen molar-refractivity contribution in [2.75, 3.05) is 17.3 Å². The SMILES string of the molecule is CSCC[C@@H](N)C(=O)Nc1ncc(Br)nc1Br. The van der Waals surface area contributed by atoms with Gasteiger partial charge in [-0.3, -0.25) is 4.79 Å². The first-order valence-electron chi connectivity index (χ1n) is 4.78. The van der Waals surface area contributed by atoms with Gasteiger partial charge in [-0.1, -0.05) is 0 Å². The van der Waals surface area contributed by atoms with Gasteiger partial charge in [-0.2, -0.15) is 11.8 Å². The summed E-state index contributed by atoms with van der Waals surface area (Å²) < 4.78 is 1.06. The van der Waals surface area contributed by atoms with Gasteiger partial charge in [0.05, 0.1) is 12.2 Å². The minimum atomic E-state index is -0.528. The Balaban J connectivity index is 2.61. The molecular formula is C9H12Br2N4OS. The number of nitrogens with one attached hydrogen (secondary N) is 1. The number of carbonyl (C=O) groups excluding carboxylic acids is 1. The zero-order valence-corrected chi connectivity index (χ0v) is 13.1. The summed E-state index contributed by atoms with van der Waals surface area (Å²) in [6, 6.07) is -0.528. The average Bonchev–Trinajstić information content (AvgIpc) is 2.29. The second-order valence-electron chi connectivity index (χ2n) is 3.21. The largest absolute Gasteiger partial charge is 0.320 e. The van der Waals surface area contributed by atoms with Gasteiger partial charge in [0.2, 0.25) is 5.91 Å². The number of amides is 1. The molecule has 1 amide bonds. The number of hydrogen-bond donors (Lipinski definition) is 2. The minimum Gasteiger partial charge on any atom is -0.320 e. The summed E-state index contributed by atoms with van der Waals surface area (Å²) in [6.45, 7) is 0. The van der Waals surface area contributed by atoms with E-state index in [2.05, 4.69) is 47.1 Å². The number of carbonyl (C=O) groups is 1. The van der Waals surface area contributed by atoms with Gasteiger partial charge in [0.15, 0.2) is 5.82 Å². The molecule has 0 saturated carbocycles. The average molecular weight is 384 g/mol. The summed E-state index contributed by atoms with van der Waals surface area (Å²) in [4.78, 5) is 19.8. The Bertz CT molecular complexity index is 405. The molecule has 1 aromatic heterocycles. The van der Waals surface area contributed by atoms with E-state index in [1.807, 2.05) is 6.26 Å². The minimum absolute atomic E-state index is 0.253. The third-order valence-electron chi connectivity index (χ3n) is 1.91. The van der Waals surface area contributed by atoms with Crippen LogP contribution in [0.25, 0.3) is 0 Å². The van der Waals surface area contributed by atoms with Crippen LogP contribution in [0, 0.1) is 0 Å². The van der Waals surface area contributed by atoms with E-state index in [4.69, 9.17) is 5.73 Å². The number of anilines is 1. The molecular weight excluding hydrogens is 372 g/mol. The maximum atomic E-state index is 11.7. The van der Waals surface area contributed by atoms with Crippen molar-refractivity contribution in [2.45, 2.75) is 12.5 Å². The number of aromatic nitrogens is 2. The third kappa shape index (κ3) is 4.90. The van der Waals surface area contributed by atoms with E-state index in [0.29, 0.717) is 21.4 Å². The fraction of sp³-hybridized carbons (Fsp3) is 0.444. The first kappa shape index (κ1) is 14.9. The standard InChI is InChI=1S/C9H12Br2N4OS/c1-17-3-2-5(12)9(16)15-8-7(11)14-6(10)4-13-8/h4-5H,2-3,12H2,1H3,(H,13,15,16)/t5-/m1/s1. The molecule has 0 radical (unpaired) electrons. The molecule has 3 N–H and O–H groups in total. The zero-order valence-electron chi connectivity index (χ0n) is 9.11. The van der Waals surface area contributed by atoms with E-state index in [1.165, 1.54) is 6.20 Å². The molecule has 0 fully saturated rings. The lowest BCUT2D eigenvalue weighted by Gasteiger charge is -2.11. The van der Waals surface area contributed by atoms with Crippen molar-refractivity contribution in [2.24, 2.45) is 5.73 Å². The Hall–Kier alpha value is -0.180. The molecule has 1 aromatic rings. The number of nitrogens with two attached hydrogens (primary N) is 1. The molecule has 0 unspecified atom stereocenters. The first-order chi connectivity index (χ1) is 8.04. The van der Waals surface area contributed by atoms with E-state index in [0.717, 1.165) is 5.75 Å². The monoisotopic (exact) mass is 382 g/mol. The predicted octanol–water partition coefficient (Wildman–Crippen LogP) is 2.02. The van der Waals surface area contributed by atoms with Crippen molar-refractivity contribution in [1.29, 1.82) is 0 Å². The Morgan fingerprint density at radius 3 is 2.94 bits per heavy atom. The van der Waals surface area contributed by atoms with Crippen molar-refractivity contribution in [3.63, 3.8) is 0 Å². The number of rotatable bonds is 5. The van der Waals surface area contributed by atoms with Crippen LogP contribution in [0.2, 0.25) is 0 Å². The maximum absolute atomic E-state index is 11.7. The molecule has 0 aromatic carbocycles. The Morgan fingerprint density at radius 1 is 1.65 bits per heavy atom.